The summed E-state index contributed by atoms with van der Waals surface area (Å²) in [5.41, 5.74) is 2.41. The normalized spacial score (nSPS) is 10.7. The average Bonchev–Trinajstić information content (AvgIpc) is 2.97. The van der Waals surface area contributed by atoms with E-state index < -0.39 is 10.8 Å². The van der Waals surface area contributed by atoms with Gasteiger partial charge in [-0.05, 0) is 67.6 Å². The van der Waals surface area contributed by atoms with Crippen LogP contribution in [0.1, 0.15) is 17.3 Å². The molecule has 0 bridgehead atoms. The largest absolute Gasteiger partial charge is 0.497 e. The summed E-state index contributed by atoms with van der Waals surface area (Å²) in [4.78, 5) is 29.4. The number of amides is 1. The summed E-state index contributed by atoms with van der Waals surface area (Å²) in [7, 11) is 1.59. The van der Waals surface area contributed by atoms with Crippen LogP contribution < -0.4 is 19.5 Å². The van der Waals surface area contributed by atoms with Gasteiger partial charge in [-0.1, -0.05) is 18.2 Å². The van der Waals surface area contributed by atoms with Gasteiger partial charge in [-0.25, -0.2) is 4.98 Å². The third-order valence-electron chi connectivity index (χ3n) is 6.08. The van der Waals surface area contributed by atoms with Crippen LogP contribution in [0.5, 0.6) is 23.0 Å². The van der Waals surface area contributed by atoms with Crippen LogP contribution >= 0.6 is 0 Å². The maximum atomic E-state index is 13.6. The third-order valence-corrected chi connectivity index (χ3v) is 6.08. The van der Waals surface area contributed by atoms with Crippen LogP contribution in [0.2, 0.25) is 0 Å². The van der Waals surface area contributed by atoms with Gasteiger partial charge in [0.1, 0.15) is 23.0 Å². The Morgan fingerprint density at radius 1 is 0.875 bits per heavy atom. The molecule has 1 amide bonds. The van der Waals surface area contributed by atoms with Gasteiger partial charge in [0.15, 0.2) is 0 Å². The van der Waals surface area contributed by atoms with Crippen molar-refractivity contribution in [3.63, 3.8) is 0 Å². The zero-order chi connectivity index (χ0) is 28.1. The number of rotatable bonds is 9. The molecule has 0 unspecified atom stereocenters. The minimum atomic E-state index is -0.537. The molecule has 0 saturated carbocycles. The lowest BCUT2D eigenvalue weighted by Gasteiger charge is -2.12. The molecule has 0 atom stereocenters. The van der Waals surface area contributed by atoms with Crippen molar-refractivity contribution >= 4 is 28.2 Å². The zero-order valence-corrected chi connectivity index (χ0v) is 21.8. The molecule has 40 heavy (non-hydrogen) atoms. The average molecular weight is 536 g/mol. The Bertz CT molecular complexity index is 1680. The lowest BCUT2D eigenvalue weighted by Crippen LogP contribution is -2.13. The van der Waals surface area contributed by atoms with Gasteiger partial charge < -0.3 is 19.5 Å². The predicted molar refractivity (Wildman–Crippen MR) is 152 cm³/mol. The number of hydrogen-bond acceptors (Lipinski definition) is 7. The number of nitrogens with one attached hydrogen (secondary N) is 1. The number of anilines is 1. The first-order chi connectivity index (χ1) is 19.4. The summed E-state index contributed by atoms with van der Waals surface area (Å²) in [6.45, 7) is 2.42. The van der Waals surface area contributed by atoms with Crippen LogP contribution in [0.4, 0.5) is 11.4 Å². The Hall–Kier alpha value is -5.44. The summed E-state index contributed by atoms with van der Waals surface area (Å²) >= 11 is 0. The molecule has 9 nitrogen and oxygen atoms in total. The second kappa shape index (κ2) is 11.5. The first-order valence-electron chi connectivity index (χ1n) is 12.5. The van der Waals surface area contributed by atoms with Gasteiger partial charge in [-0.15, -0.1) is 0 Å². The molecule has 5 rings (SSSR count). The Morgan fingerprint density at radius 3 is 2.27 bits per heavy atom. The van der Waals surface area contributed by atoms with Crippen molar-refractivity contribution in [2.75, 3.05) is 19.0 Å². The van der Waals surface area contributed by atoms with Crippen LogP contribution in [-0.2, 0) is 0 Å². The molecule has 0 radical (unpaired) electrons. The van der Waals surface area contributed by atoms with E-state index in [0.29, 0.717) is 46.0 Å². The minimum absolute atomic E-state index is 0.201. The van der Waals surface area contributed by atoms with Gasteiger partial charge in [0.2, 0.25) is 0 Å². The van der Waals surface area contributed by atoms with Crippen molar-refractivity contribution in [3.8, 4) is 34.3 Å². The molecule has 1 N–H and O–H groups in total. The maximum absolute atomic E-state index is 13.6. The molecular weight excluding hydrogens is 510 g/mol. The first-order valence-corrected chi connectivity index (χ1v) is 12.5. The number of methoxy groups -OCH3 is 1. The number of pyridine rings is 1. The molecule has 0 spiro atoms. The number of carbonyl (C=O) groups is 1. The number of non-ortho nitro benzene ring substituents is 1. The number of nitrogens with zero attached hydrogens (tertiary/aromatic N) is 2. The molecule has 1 heterocycles. The molecule has 0 saturated heterocycles. The van der Waals surface area contributed by atoms with Gasteiger partial charge >= 0.3 is 0 Å². The molecule has 0 aliphatic carbocycles. The summed E-state index contributed by atoms with van der Waals surface area (Å²) in [5, 5.41) is 15.1. The first kappa shape index (κ1) is 26.2. The summed E-state index contributed by atoms with van der Waals surface area (Å²) in [6, 6.07) is 27.4. The lowest BCUT2D eigenvalue weighted by molar-refractivity contribution is -0.384. The predicted octanol–water partition coefficient (Wildman–Crippen LogP) is 7.26. The van der Waals surface area contributed by atoms with Gasteiger partial charge in [0.25, 0.3) is 11.6 Å². The molecule has 0 aliphatic heterocycles. The highest BCUT2D eigenvalue weighted by Gasteiger charge is 2.17. The number of aromatic nitrogens is 1. The lowest BCUT2D eigenvalue weighted by atomic mass is 10.0. The highest BCUT2D eigenvalue weighted by atomic mass is 16.6. The van der Waals surface area contributed by atoms with E-state index in [9.17, 15) is 14.9 Å². The number of nitro benzene ring substituents is 1. The fourth-order valence-corrected chi connectivity index (χ4v) is 4.20. The van der Waals surface area contributed by atoms with E-state index in [1.54, 1.807) is 37.4 Å². The summed E-state index contributed by atoms with van der Waals surface area (Å²) in [5.74, 6) is 1.61. The smallest absolute Gasteiger partial charge is 0.275 e. The summed E-state index contributed by atoms with van der Waals surface area (Å²) < 4.78 is 16.6. The SMILES string of the molecule is CCOc1ccc(Oc2cc(NC(=O)c3cc(-c4ccc(OC)cc4)nc4ccccc34)cc([N+](=O)[O-])c2)cc1. The fraction of sp³-hybridized carbons (Fsp3) is 0.0968. The zero-order valence-electron chi connectivity index (χ0n) is 21.8. The minimum Gasteiger partial charge on any atom is -0.497 e. The van der Waals surface area contributed by atoms with Crippen LogP contribution in [-0.4, -0.2) is 29.5 Å². The van der Waals surface area contributed by atoms with E-state index in [1.807, 2.05) is 55.5 Å². The van der Waals surface area contributed by atoms with Gasteiger partial charge in [0.05, 0.1) is 47.2 Å². The van der Waals surface area contributed by atoms with Crippen LogP contribution in [0.25, 0.3) is 22.2 Å². The van der Waals surface area contributed by atoms with Crippen LogP contribution in [0.3, 0.4) is 0 Å². The van der Waals surface area contributed by atoms with E-state index >= 15 is 0 Å². The Balaban J connectivity index is 1.47. The number of carbonyl (C=O) groups excluding carboxylic acids is 1. The van der Waals surface area contributed by atoms with E-state index in [1.165, 1.54) is 18.2 Å². The monoisotopic (exact) mass is 535 g/mol. The van der Waals surface area contributed by atoms with Crippen molar-refractivity contribution in [2.24, 2.45) is 0 Å². The highest BCUT2D eigenvalue weighted by molar-refractivity contribution is 6.13. The van der Waals surface area contributed by atoms with Crippen molar-refractivity contribution in [1.82, 2.24) is 4.98 Å². The van der Waals surface area contributed by atoms with Crippen molar-refractivity contribution in [2.45, 2.75) is 6.92 Å². The molecule has 1 aromatic heterocycles. The van der Waals surface area contributed by atoms with Gasteiger partial charge in [-0.3, -0.25) is 14.9 Å². The molecule has 9 heteroatoms. The Morgan fingerprint density at radius 2 is 1.57 bits per heavy atom. The van der Waals surface area contributed by atoms with Crippen molar-refractivity contribution in [1.29, 1.82) is 0 Å². The van der Waals surface area contributed by atoms with E-state index in [-0.39, 0.29) is 17.1 Å². The van der Waals surface area contributed by atoms with Gasteiger partial charge in [0, 0.05) is 23.1 Å². The Kier molecular flexibility index (Phi) is 7.54. The molecular formula is C31H25N3O6. The van der Waals surface area contributed by atoms with Crippen molar-refractivity contribution < 1.29 is 23.9 Å². The summed E-state index contributed by atoms with van der Waals surface area (Å²) in [6.07, 6.45) is 0. The number of benzene rings is 4. The number of ether oxygens (including phenoxy) is 3. The number of hydrogen-bond donors (Lipinski definition) is 1. The standard InChI is InChI=1S/C31H25N3O6/c1-3-39-24-12-14-25(15-13-24)40-26-17-21(16-22(18-26)34(36)37)32-31(35)28-19-30(20-8-10-23(38-2)11-9-20)33-29-7-5-4-6-27(28)29/h4-19H,3H2,1-2H3,(H,32,35). The molecule has 0 fully saturated rings. The van der Waals surface area contributed by atoms with Crippen molar-refractivity contribution in [3.05, 3.63) is 113 Å². The van der Waals surface area contributed by atoms with E-state index in [4.69, 9.17) is 19.2 Å². The van der Waals surface area contributed by atoms with Crippen LogP contribution in [0, 0.1) is 10.1 Å². The fourth-order valence-electron chi connectivity index (χ4n) is 4.20. The second-order valence-corrected chi connectivity index (χ2v) is 8.73. The topological polar surface area (TPSA) is 113 Å². The molecule has 5 aromatic rings. The van der Waals surface area contributed by atoms with Gasteiger partial charge in [-0.2, -0.15) is 0 Å². The Labute approximate surface area is 230 Å². The highest BCUT2D eigenvalue weighted by Crippen LogP contribution is 2.32. The number of para-hydroxylation sites is 1. The van der Waals surface area contributed by atoms with E-state index in [2.05, 4.69) is 5.32 Å². The quantitative estimate of drug-likeness (QED) is 0.156. The molecule has 200 valence electrons. The maximum Gasteiger partial charge on any atom is 0.275 e. The number of nitro groups is 1. The third kappa shape index (κ3) is 5.83. The number of fused-ring (bicyclic) bond motifs is 1. The van der Waals surface area contributed by atoms with Crippen LogP contribution in [0.15, 0.2) is 97.1 Å². The van der Waals surface area contributed by atoms with E-state index in [0.717, 1.165) is 5.56 Å². The molecule has 4 aromatic carbocycles. The molecule has 0 aliphatic rings. The second-order valence-electron chi connectivity index (χ2n) is 8.73.